The third-order valence-electron chi connectivity index (χ3n) is 4.44. The monoisotopic (exact) mass is 315 g/mol. The van der Waals surface area contributed by atoms with Crippen molar-refractivity contribution in [3.8, 4) is 5.75 Å². The van der Waals surface area contributed by atoms with E-state index in [0.717, 1.165) is 18.7 Å². The number of ether oxygens (including phenoxy) is 1. The summed E-state index contributed by atoms with van der Waals surface area (Å²) in [5.74, 6) is 0.819. The van der Waals surface area contributed by atoms with Crippen LogP contribution in [0.4, 0.5) is 0 Å². The Morgan fingerprint density at radius 2 is 2.14 bits per heavy atom. The minimum Gasteiger partial charge on any atom is -0.484 e. The molecule has 1 atom stereocenters. The van der Waals surface area contributed by atoms with Crippen LogP contribution >= 0.6 is 11.3 Å². The van der Waals surface area contributed by atoms with Crippen LogP contribution < -0.4 is 4.74 Å². The fourth-order valence-electron chi connectivity index (χ4n) is 2.88. The zero-order chi connectivity index (χ0) is 15.7. The van der Waals surface area contributed by atoms with Crippen molar-refractivity contribution in [2.45, 2.75) is 33.2 Å². The fraction of sp³-hybridized carbons (Fsp3) is 0.389. The molecule has 1 aliphatic rings. The molecule has 0 N–H and O–H groups in total. The molecule has 0 fully saturated rings. The third kappa shape index (κ3) is 2.88. The molecule has 0 aliphatic carbocycles. The topological polar surface area (TPSA) is 29.5 Å². The fourth-order valence-corrected chi connectivity index (χ4v) is 3.84. The van der Waals surface area contributed by atoms with E-state index in [-0.39, 0.29) is 18.6 Å². The Morgan fingerprint density at radius 3 is 2.91 bits per heavy atom. The smallest absolute Gasteiger partial charge is 0.261 e. The van der Waals surface area contributed by atoms with Crippen LogP contribution in [0.2, 0.25) is 0 Å². The van der Waals surface area contributed by atoms with E-state index in [1.54, 1.807) is 11.3 Å². The average Bonchev–Trinajstić information content (AvgIpc) is 2.98. The number of carbonyl (C=O) groups is 1. The molecule has 22 heavy (non-hydrogen) atoms. The summed E-state index contributed by atoms with van der Waals surface area (Å²) in [7, 11) is 0. The Bertz CT molecular complexity index is 692. The molecule has 0 saturated carbocycles. The summed E-state index contributed by atoms with van der Waals surface area (Å²) in [5.41, 5.74) is 3.70. The maximum absolute atomic E-state index is 12.5. The Kier molecular flexibility index (Phi) is 4.21. The maximum Gasteiger partial charge on any atom is 0.261 e. The first kappa shape index (κ1) is 15.1. The predicted molar refractivity (Wildman–Crippen MR) is 89.6 cm³/mol. The first-order valence-corrected chi connectivity index (χ1v) is 8.50. The summed E-state index contributed by atoms with van der Waals surface area (Å²) in [6, 6.07) is 8.21. The van der Waals surface area contributed by atoms with E-state index in [9.17, 15) is 4.79 Å². The molecular formula is C18H21NO2S. The number of fused-ring (bicyclic) bond motifs is 1. The van der Waals surface area contributed by atoms with E-state index >= 15 is 0 Å². The molecule has 4 heteroatoms. The van der Waals surface area contributed by atoms with E-state index in [1.165, 1.54) is 21.6 Å². The second-order valence-electron chi connectivity index (χ2n) is 5.85. The molecule has 1 aromatic carbocycles. The molecular weight excluding hydrogens is 294 g/mol. The van der Waals surface area contributed by atoms with Gasteiger partial charge in [-0.3, -0.25) is 4.79 Å². The normalized spacial score (nSPS) is 17.2. The van der Waals surface area contributed by atoms with E-state index in [1.807, 2.05) is 23.1 Å². The highest BCUT2D eigenvalue weighted by Gasteiger charge is 2.28. The number of rotatable bonds is 3. The van der Waals surface area contributed by atoms with Crippen LogP contribution in [0, 0.1) is 13.8 Å². The second kappa shape index (κ2) is 6.13. The minimum atomic E-state index is 0.0579. The number of benzene rings is 1. The molecule has 3 rings (SSSR count). The van der Waals surface area contributed by atoms with E-state index in [0.29, 0.717) is 0 Å². The molecule has 2 heterocycles. The van der Waals surface area contributed by atoms with Gasteiger partial charge in [-0.15, -0.1) is 11.3 Å². The van der Waals surface area contributed by atoms with E-state index in [4.69, 9.17) is 4.74 Å². The van der Waals surface area contributed by atoms with Gasteiger partial charge in [0.2, 0.25) is 0 Å². The van der Waals surface area contributed by atoms with Crippen molar-refractivity contribution in [3.05, 3.63) is 51.2 Å². The first-order valence-electron chi connectivity index (χ1n) is 7.62. The summed E-state index contributed by atoms with van der Waals surface area (Å²) < 4.78 is 5.69. The summed E-state index contributed by atoms with van der Waals surface area (Å²) in [6.45, 7) is 7.10. The summed E-state index contributed by atoms with van der Waals surface area (Å²) in [6.07, 6.45) is 0.951. The van der Waals surface area contributed by atoms with Crippen LogP contribution in [-0.2, 0) is 11.2 Å². The van der Waals surface area contributed by atoms with Crippen LogP contribution in [0.3, 0.4) is 0 Å². The highest BCUT2D eigenvalue weighted by atomic mass is 32.1. The summed E-state index contributed by atoms with van der Waals surface area (Å²) in [4.78, 5) is 15.8. The SMILES string of the molecule is Cc1ccc(OCC(=O)N2CCc3sccc3[C@H]2C)cc1C. The van der Waals surface area contributed by atoms with Crippen LogP contribution in [0.15, 0.2) is 29.6 Å². The highest BCUT2D eigenvalue weighted by Crippen LogP contribution is 2.32. The van der Waals surface area contributed by atoms with Crippen molar-refractivity contribution < 1.29 is 9.53 Å². The van der Waals surface area contributed by atoms with E-state index < -0.39 is 0 Å². The first-order chi connectivity index (χ1) is 10.6. The molecule has 2 aromatic rings. The summed E-state index contributed by atoms with van der Waals surface area (Å²) >= 11 is 1.79. The number of aryl methyl sites for hydroxylation is 2. The Morgan fingerprint density at radius 1 is 1.32 bits per heavy atom. The zero-order valence-corrected chi connectivity index (χ0v) is 14.1. The van der Waals surface area contributed by atoms with Crippen molar-refractivity contribution in [1.29, 1.82) is 0 Å². The van der Waals surface area contributed by atoms with Gasteiger partial charge in [-0.05, 0) is 67.5 Å². The number of amides is 1. The molecule has 0 bridgehead atoms. The van der Waals surface area contributed by atoms with Crippen LogP contribution in [0.1, 0.15) is 34.5 Å². The van der Waals surface area contributed by atoms with Gasteiger partial charge in [0, 0.05) is 11.4 Å². The molecule has 1 aromatic heterocycles. The van der Waals surface area contributed by atoms with Gasteiger partial charge in [-0.25, -0.2) is 0 Å². The number of nitrogens with zero attached hydrogens (tertiary/aromatic N) is 1. The molecule has 116 valence electrons. The molecule has 1 aliphatic heterocycles. The molecule has 0 saturated heterocycles. The van der Waals surface area contributed by atoms with Crippen molar-refractivity contribution in [3.63, 3.8) is 0 Å². The highest BCUT2D eigenvalue weighted by molar-refractivity contribution is 7.10. The van der Waals surface area contributed by atoms with Crippen LogP contribution in [0.25, 0.3) is 0 Å². The average molecular weight is 315 g/mol. The Labute approximate surface area is 135 Å². The lowest BCUT2D eigenvalue weighted by molar-refractivity contribution is -0.135. The van der Waals surface area contributed by atoms with Crippen molar-refractivity contribution >= 4 is 17.2 Å². The van der Waals surface area contributed by atoms with Gasteiger partial charge in [0.05, 0.1) is 6.04 Å². The number of hydrogen-bond acceptors (Lipinski definition) is 3. The van der Waals surface area contributed by atoms with Gasteiger partial charge in [0.25, 0.3) is 5.91 Å². The van der Waals surface area contributed by atoms with Gasteiger partial charge >= 0.3 is 0 Å². The Hall–Kier alpha value is -1.81. The minimum absolute atomic E-state index is 0.0579. The number of thiophene rings is 1. The second-order valence-corrected chi connectivity index (χ2v) is 6.85. The van der Waals surface area contributed by atoms with Crippen molar-refractivity contribution in [2.75, 3.05) is 13.2 Å². The molecule has 0 spiro atoms. The van der Waals surface area contributed by atoms with Crippen LogP contribution in [0.5, 0.6) is 5.75 Å². The van der Waals surface area contributed by atoms with Gasteiger partial charge in [-0.1, -0.05) is 6.07 Å². The lowest BCUT2D eigenvalue weighted by atomic mass is 10.0. The zero-order valence-electron chi connectivity index (χ0n) is 13.3. The molecule has 1 amide bonds. The maximum atomic E-state index is 12.5. The van der Waals surface area contributed by atoms with Crippen molar-refractivity contribution in [2.24, 2.45) is 0 Å². The van der Waals surface area contributed by atoms with Gasteiger partial charge in [-0.2, -0.15) is 0 Å². The lowest BCUT2D eigenvalue weighted by Gasteiger charge is -2.33. The molecule has 0 unspecified atom stereocenters. The third-order valence-corrected chi connectivity index (χ3v) is 5.43. The van der Waals surface area contributed by atoms with Gasteiger partial charge in [0.15, 0.2) is 6.61 Å². The molecule has 3 nitrogen and oxygen atoms in total. The Balaban J connectivity index is 1.64. The van der Waals surface area contributed by atoms with Gasteiger partial charge in [0.1, 0.15) is 5.75 Å². The van der Waals surface area contributed by atoms with Crippen LogP contribution in [-0.4, -0.2) is 24.0 Å². The van der Waals surface area contributed by atoms with Crippen molar-refractivity contribution in [1.82, 2.24) is 4.90 Å². The largest absolute Gasteiger partial charge is 0.484 e. The van der Waals surface area contributed by atoms with E-state index in [2.05, 4.69) is 32.2 Å². The summed E-state index contributed by atoms with van der Waals surface area (Å²) in [5, 5.41) is 2.11. The lowest BCUT2D eigenvalue weighted by Crippen LogP contribution is -2.40. The predicted octanol–water partition coefficient (Wildman–Crippen LogP) is 3.89. The number of hydrogen-bond donors (Lipinski definition) is 0. The van der Waals surface area contributed by atoms with Gasteiger partial charge < -0.3 is 9.64 Å². The standard InChI is InChI=1S/C18H21NO2S/c1-12-4-5-15(10-13(12)2)21-11-18(20)19-8-6-17-16(14(19)3)7-9-22-17/h4-5,7,9-10,14H,6,8,11H2,1-3H3/t14-/m1/s1. The quantitative estimate of drug-likeness (QED) is 0.860. The number of carbonyl (C=O) groups excluding carboxylic acids is 1. The molecule has 0 radical (unpaired) electrons.